The molecule has 0 spiro atoms. The first-order chi connectivity index (χ1) is 12.1. The average molecular weight is 366 g/mol. The molecule has 0 unspecified atom stereocenters. The van der Waals surface area contributed by atoms with Gasteiger partial charge in [-0.15, -0.1) is 0 Å². The predicted octanol–water partition coefficient (Wildman–Crippen LogP) is 3.29. The minimum Gasteiger partial charge on any atom is -0.474 e. The monoisotopic (exact) mass is 366 g/mol. The third-order valence-electron chi connectivity index (χ3n) is 4.36. The normalized spacial score (nSPS) is 23.3. The van der Waals surface area contributed by atoms with Gasteiger partial charge in [0, 0.05) is 19.2 Å². The van der Waals surface area contributed by atoms with Crippen LogP contribution < -0.4 is 4.74 Å². The number of esters is 1. The number of carbonyl (C=O) groups excluding carboxylic acids is 1. The van der Waals surface area contributed by atoms with E-state index in [2.05, 4.69) is 4.98 Å². The van der Waals surface area contributed by atoms with Crippen molar-refractivity contribution in [1.82, 2.24) is 4.98 Å². The molecule has 0 amide bonds. The summed E-state index contributed by atoms with van der Waals surface area (Å²) in [5, 5.41) is 10.7. The summed E-state index contributed by atoms with van der Waals surface area (Å²) in [6.45, 7) is 5.85. The standard InChI is InChI=1S/C18H26N2O6/c1-17(2,3)26-16(21)18(12-24-4)9-7-14(8-10-18)25-15-6-5-13(11-19-15)20(22)23/h5-6,11,14H,7-10,12H2,1-4H3. The van der Waals surface area contributed by atoms with E-state index in [1.807, 2.05) is 20.8 Å². The second-order valence-electron chi connectivity index (χ2n) is 7.64. The fourth-order valence-electron chi connectivity index (χ4n) is 3.05. The highest BCUT2D eigenvalue weighted by Crippen LogP contribution is 2.40. The van der Waals surface area contributed by atoms with Crippen molar-refractivity contribution in [2.75, 3.05) is 13.7 Å². The molecule has 0 aromatic carbocycles. The number of nitrogens with zero attached hydrogens (tertiary/aromatic N) is 2. The maximum Gasteiger partial charge on any atom is 0.314 e. The molecule has 1 saturated carbocycles. The number of hydrogen-bond acceptors (Lipinski definition) is 7. The molecule has 1 aromatic rings. The van der Waals surface area contributed by atoms with Gasteiger partial charge in [-0.25, -0.2) is 4.98 Å². The van der Waals surface area contributed by atoms with Crippen LogP contribution in [0.1, 0.15) is 46.5 Å². The number of aromatic nitrogens is 1. The largest absolute Gasteiger partial charge is 0.474 e. The number of nitro groups is 1. The van der Waals surface area contributed by atoms with Crippen molar-refractivity contribution in [3.63, 3.8) is 0 Å². The minimum absolute atomic E-state index is 0.0787. The zero-order valence-electron chi connectivity index (χ0n) is 15.7. The van der Waals surface area contributed by atoms with Gasteiger partial charge < -0.3 is 14.2 Å². The lowest BCUT2D eigenvalue weighted by molar-refractivity contribution is -0.385. The maximum atomic E-state index is 12.7. The Morgan fingerprint density at radius 1 is 1.35 bits per heavy atom. The van der Waals surface area contributed by atoms with Gasteiger partial charge in [-0.1, -0.05) is 0 Å². The van der Waals surface area contributed by atoms with Crippen LogP contribution in [0.4, 0.5) is 5.69 Å². The summed E-state index contributed by atoms with van der Waals surface area (Å²) in [6, 6.07) is 2.85. The Balaban J connectivity index is 1.98. The van der Waals surface area contributed by atoms with E-state index in [4.69, 9.17) is 14.2 Å². The van der Waals surface area contributed by atoms with Gasteiger partial charge in [-0.05, 0) is 46.5 Å². The van der Waals surface area contributed by atoms with Crippen molar-refractivity contribution >= 4 is 11.7 Å². The third-order valence-corrected chi connectivity index (χ3v) is 4.36. The first-order valence-electron chi connectivity index (χ1n) is 8.65. The van der Waals surface area contributed by atoms with Crippen molar-refractivity contribution in [3.05, 3.63) is 28.4 Å². The summed E-state index contributed by atoms with van der Waals surface area (Å²) in [7, 11) is 1.58. The first-order valence-corrected chi connectivity index (χ1v) is 8.65. The number of carbonyl (C=O) groups is 1. The van der Waals surface area contributed by atoms with Gasteiger partial charge in [0.25, 0.3) is 5.69 Å². The molecule has 8 heteroatoms. The van der Waals surface area contributed by atoms with Gasteiger partial charge in [-0.2, -0.15) is 0 Å². The first kappa shape index (κ1) is 20.1. The maximum absolute atomic E-state index is 12.7. The summed E-state index contributed by atoms with van der Waals surface area (Å²) in [5.41, 5.74) is -1.29. The number of rotatable bonds is 6. The van der Waals surface area contributed by atoms with E-state index in [0.29, 0.717) is 38.2 Å². The molecule has 1 aliphatic rings. The average Bonchev–Trinajstić information content (AvgIpc) is 2.56. The number of methoxy groups -OCH3 is 1. The molecular formula is C18H26N2O6. The smallest absolute Gasteiger partial charge is 0.314 e. The van der Waals surface area contributed by atoms with Crippen LogP contribution in [0, 0.1) is 15.5 Å². The molecule has 0 bridgehead atoms. The van der Waals surface area contributed by atoms with Crippen LogP contribution in [-0.4, -0.2) is 41.3 Å². The second-order valence-corrected chi connectivity index (χ2v) is 7.64. The Morgan fingerprint density at radius 2 is 2.00 bits per heavy atom. The molecule has 26 heavy (non-hydrogen) atoms. The fraction of sp³-hybridized carbons (Fsp3) is 0.667. The number of ether oxygens (including phenoxy) is 3. The van der Waals surface area contributed by atoms with Crippen molar-refractivity contribution in [2.24, 2.45) is 5.41 Å². The molecule has 144 valence electrons. The Morgan fingerprint density at radius 3 is 2.46 bits per heavy atom. The van der Waals surface area contributed by atoms with E-state index in [0.717, 1.165) is 0 Å². The summed E-state index contributed by atoms with van der Waals surface area (Å²) >= 11 is 0. The Labute approximate surface area is 153 Å². The summed E-state index contributed by atoms with van der Waals surface area (Å²) < 4.78 is 16.7. The number of hydrogen-bond donors (Lipinski definition) is 0. The highest BCUT2D eigenvalue weighted by molar-refractivity contribution is 5.77. The molecule has 0 radical (unpaired) electrons. The van der Waals surface area contributed by atoms with Crippen LogP contribution >= 0.6 is 0 Å². The Hall–Kier alpha value is -2.22. The van der Waals surface area contributed by atoms with Gasteiger partial charge in [0.1, 0.15) is 17.9 Å². The van der Waals surface area contributed by atoms with Crippen LogP contribution in [0.25, 0.3) is 0 Å². The van der Waals surface area contributed by atoms with Crippen molar-refractivity contribution in [3.8, 4) is 5.88 Å². The van der Waals surface area contributed by atoms with E-state index >= 15 is 0 Å². The molecule has 8 nitrogen and oxygen atoms in total. The quantitative estimate of drug-likeness (QED) is 0.432. The second kappa shape index (κ2) is 7.99. The molecule has 2 rings (SSSR count). The van der Waals surface area contributed by atoms with E-state index in [9.17, 15) is 14.9 Å². The van der Waals surface area contributed by atoms with Gasteiger partial charge in [-0.3, -0.25) is 14.9 Å². The van der Waals surface area contributed by atoms with Gasteiger partial charge in [0.2, 0.25) is 5.88 Å². The molecule has 1 aromatic heterocycles. The lowest BCUT2D eigenvalue weighted by Gasteiger charge is -2.39. The molecule has 1 fully saturated rings. The van der Waals surface area contributed by atoms with Gasteiger partial charge >= 0.3 is 5.97 Å². The molecule has 1 aliphatic carbocycles. The van der Waals surface area contributed by atoms with E-state index in [-0.39, 0.29) is 17.8 Å². The minimum atomic E-state index is -0.662. The third kappa shape index (κ3) is 5.14. The van der Waals surface area contributed by atoms with E-state index < -0.39 is 15.9 Å². The van der Waals surface area contributed by atoms with Crippen LogP contribution in [-0.2, 0) is 14.3 Å². The summed E-state index contributed by atoms with van der Waals surface area (Å²) in [4.78, 5) is 26.8. The molecule has 1 heterocycles. The topological polar surface area (TPSA) is 101 Å². The number of pyridine rings is 1. The molecule has 0 atom stereocenters. The Bertz CT molecular complexity index is 630. The Kier molecular flexibility index (Phi) is 6.17. The van der Waals surface area contributed by atoms with Crippen LogP contribution in [0.15, 0.2) is 18.3 Å². The zero-order chi connectivity index (χ0) is 19.4. The molecule has 0 aliphatic heterocycles. The summed E-state index contributed by atoms with van der Waals surface area (Å²) in [5.74, 6) is 0.107. The van der Waals surface area contributed by atoms with Crippen LogP contribution in [0.2, 0.25) is 0 Å². The van der Waals surface area contributed by atoms with Crippen LogP contribution in [0.3, 0.4) is 0 Å². The van der Waals surface area contributed by atoms with Crippen LogP contribution in [0.5, 0.6) is 5.88 Å². The van der Waals surface area contributed by atoms with Gasteiger partial charge in [0.05, 0.1) is 16.9 Å². The van der Waals surface area contributed by atoms with Crippen molar-refractivity contribution in [2.45, 2.75) is 58.2 Å². The van der Waals surface area contributed by atoms with Crippen molar-refractivity contribution in [1.29, 1.82) is 0 Å². The molecule has 0 saturated heterocycles. The van der Waals surface area contributed by atoms with Gasteiger partial charge in [0.15, 0.2) is 0 Å². The van der Waals surface area contributed by atoms with E-state index in [1.165, 1.54) is 18.3 Å². The molecule has 0 N–H and O–H groups in total. The SMILES string of the molecule is COCC1(C(=O)OC(C)(C)C)CCC(Oc2ccc([N+](=O)[O-])cn2)CC1. The van der Waals surface area contributed by atoms with Crippen molar-refractivity contribution < 1.29 is 23.9 Å². The predicted molar refractivity (Wildman–Crippen MR) is 93.9 cm³/mol. The lowest BCUT2D eigenvalue weighted by Crippen LogP contribution is -2.45. The highest BCUT2D eigenvalue weighted by atomic mass is 16.6. The fourth-order valence-corrected chi connectivity index (χ4v) is 3.05. The molecular weight excluding hydrogens is 340 g/mol. The lowest BCUT2D eigenvalue weighted by atomic mass is 9.73. The van der Waals surface area contributed by atoms with E-state index in [1.54, 1.807) is 7.11 Å². The highest BCUT2D eigenvalue weighted by Gasteiger charge is 2.45. The zero-order valence-corrected chi connectivity index (χ0v) is 15.7. The summed E-state index contributed by atoms with van der Waals surface area (Å²) in [6.07, 6.45) is 3.56.